The van der Waals surface area contributed by atoms with Crippen molar-refractivity contribution in [3.8, 4) is 0 Å². The predicted molar refractivity (Wildman–Crippen MR) is 70.0 cm³/mol. The average molecular weight is 232 g/mol. The lowest BCUT2D eigenvalue weighted by Gasteiger charge is -2.16. The molecule has 1 saturated carbocycles. The smallest absolute Gasteiger partial charge is 0.126 e. The summed E-state index contributed by atoms with van der Waals surface area (Å²) in [5.41, 5.74) is 7.44. The molecular formula is C13H20N4. The number of anilines is 2. The van der Waals surface area contributed by atoms with Crippen LogP contribution in [0.25, 0.3) is 0 Å². The van der Waals surface area contributed by atoms with E-state index in [4.69, 9.17) is 5.73 Å². The van der Waals surface area contributed by atoms with E-state index < -0.39 is 0 Å². The van der Waals surface area contributed by atoms with Crippen molar-refractivity contribution in [3.05, 3.63) is 17.8 Å². The Morgan fingerprint density at radius 3 is 2.88 bits per heavy atom. The maximum absolute atomic E-state index is 5.77. The number of nitrogens with two attached hydrogens (primary N) is 1. The summed E-state index contributed by atoms with van der Waals surface area (Å²) in [6.07, 6.45) is 4.01. The number of pyridine rings is 1. The number of aryl methyl sites for hydroxylation is 1. The van der Waals surface area contributed by atoms with Crippen LogP contribution < -0.4 is 11.1 Å². The van der Waals surface area contributed by atoms with Gasteiger partial charge >= 0.3 is 0 Å². The summed E-state index contributed by atoms with van der Waals surface area (Å²) in [5.74, 6) is 0.958. The standard InChI is InChI=1S/C13H20N4/c1-9-12(14)4-5-13(15-9)16-10-6-7-17(8-10)11-2-3-11/h4-5,10-11H,2-3,6-8,14H2,1H3,(H,15,16). The van der Waals surface area contributed by atoms with Gasteiger partial charge in [-0.15, -0.1) is 0 Å². The third kappa shape index (κ3) is 2.36. The number of aromatic nitrogens is 1. The Bertz CT molecular complexity index is 414. The highest BCUT2D eigenvalue weighted by molar-refractivity contribution is 5.49. The molecule has 2 heterocycles. The topological polar surface area (TPSA) is 54.2 Å². The number of nitrogens with one attached hydrogen (secondary N) is 1. The third-order valence-electron chi connectivity index (χ3n) is 3.76. The lowest BCUT2D eigenvalue weighted by atomic mass is 10.2. The molecule has 1 aromatic heterocycles. The normalized spacial score (nSPS) is 25.1. The zero-order valence-corrected chi connectivity index (χ0v) is 10.3. The Morgan fingerprint density at radius 2 is 2.18 bits per heavy atom. The van der Waals surface area contributed by atoms with Crippen molar-refractivity contribution in [1.82, 2.24) is 9.88 Å². The van der Waals surface area contributed by atoms with Crippen LogP contribution in [0.3, 0.4) is 0 Å². The number of nitrogen functional groups attached to an aromatic ring is 1. The van der Waals surface area contributed by atoms with Gasteiger partial charge in [0, 0.05) is 25.2 Å². The Labute approximate surface area is 102 Å². The van der Waals surface area contributed by atoms with Gasteiger partial charge in [0.15, 0.2) is 0 Å². The van der Waals surface area contributed by atoms with E-state index in [9.17, 15) is 0 Å². The summed E-state index contributed by atoms with van der Waals surface area (Å²) in [6, 6.07) is 5.33. The first kappa shape index (κ1) is 10.8. The molecule has 1 aromatic rings. The van der Waals surface area contributed by atoms with Gasteiger partial charge in [0.05, 0.1) is 11.4 Å². The van der Waals surface area contributed by atoms with Crippen molar-refractivity contribution in [3.63, 3.8) is 0 Å². The van der Waals surface area contributed by atoms with Gasteiger partial charge in [-0.05, 0) is 38.3 Å². The highest BCUT2D eigenvalue weighted by atomic mass is 15.2. The Kier molecular flexibility index (Phi) is 2.67. The van der Waals surface area contributed by atoms with Crippen LogP contribution in [-0.4, -0.2) is 35.1 Å². The van der Waals surface area contributed by atoms with E-state index in [1.54, 1.807) is 0 Å². The van der Waals surface area contributed by atoms with Gasteiger partial charge in [0.1, 0.15) is 5.82 Å². The second kappa shape index (κ2) is 4.18. The van der Waals surface area contributed by atoms with Gasteiger partial charge in [0.2, 0.25) is 0 Å². The molecule has 0 amide bonds. The van der Waals surface area contributed by atoms with Crippen LogP contribution in [-0.2, 0) is 0 Å². The highest BCUT2D eigenvalue weighted by Crippen LogP contribution is 2.30. The molecule has 92 valence electrons. The van der Waals surface area contributed by atoms with Gasteiger partial charge in [-0.25, -0.2) is 4.98 Å². The van der Waals surface area contributed by atoms with Crippen LogP contribution in [0.15, 0.2) is 12.1 Å². The van der Waals surface area contributed by atoms with E-state index in [1.807, 2.05) is 19.1 Å². The first-order valence-electron chi connectivity index (χ1n) is 6.46. The van der Waals surface area contributed by atoms with Crippen LogP contribution in [0.2, 0.25) is 0 Å². The molecular weight excluding hydrogens is 212 g/mol. The Balaban J connectivity index is 1.61. The maximum atomic E-state index is 5.77. The maximum Gasteiger partial charge on any atom is 0.126 e. The molecule has 1 unspecified atom stereocenters. The second-order valence-electron chi connectivity index (χ2n) is 5.23. The third-order valence-corrected chi connectivity index (χ3v) is 3.76. The van der Waals surface area contributed by atoms with Crippen LogP contribution >= 0.6 is 0 Å². The quantitative estimate of drug-likeness (QED) is 0.831. The SMILES string of the molecule is Cc1nc(NC2CCN(C3CC3)C2)ccc1N. The largest absolute Gasteiger partial charge is 0.397 e. The molecule has 0 spiro atoms. The Morgan fingerprint density at radius 1 is 1.35 bits per heavy atom. The molecule has 2 aliphatic rings. The number of hydrogen-bond acceptors (Lipinski definition) is 4. The lowest BCUT2D eigenvalue weighted by Crippen LogP contribution is -2.28. The van der Waals surface area contributed by atoms with Gasteiger partial charge < -0.3 is 11.1 Å². The monoisotopic (exact) mass is 232 g/mol. The molecule has 4 heteroatoms. The number of nitrogens with zero attached hydrogens (tertiary/aromatic N) is 2. The molecule has 4 nitrogen and oxygen atoms in total. The summed E-state index contributed by atoms with van der Waals surface area (Å²) >= 11 is 0. The van der Waals surface area contributed by atoms with Crippen LogP contribution in [0.4, 0.5) is 11.5 Å². The summed E-state index contributed by atoms with van der Waals surface area (Å²) < 4.78 is 0. The van der Waals surface area contributed by atoms with Crippen LogP contribution in [0.5, 0.6) is 0 Å². The number of likely N-dealkylation sites (tertiary alicyclic amines) is 1. The lowest BCUT2D eigenvalue weighted by molar-refractivity contribution is 0.326. The van der Waals surface area contributed by atoms with Crippen molar-refractivity contribution in [2.24, 2.45) is 0 Å². The molecule has 0 radical (unpaired) electrons. The minimum Gasteiger partial charge on any atom is -0.397 e. The van der Waals surface area contributed by atoms with E-state index in [0.717, 1.165) is 29.8 Å². The fourth-order valence-electron chi connectivity index (χ4n) is 2.54. The van der Waals surface area contributed by atoms with Gasteiger partial charge in [-0.2, -0.15) is 0 Å². The fourth-order valence-corrected chi connectivity index (χ4v) is 2.54. The van der Waals surface area contributed by atoms with Crippen molar-refractivity contribution < 1.29 is 0 Å². The minimum atomic E-state index is 0.547. The van der Waals surface area contributed by atoms with Crippen LogP contribution in [0.1, 0.15) is 25.0 Å². The zero-order chi connectivity index (χ0) is 11.8. The van der Waals surface area contributed by atoms with E-state index in [-0.39, 0.29) is 0 Å². The highest BCUT2D eigenvalue weighted by Gasteiger charge is 2.34. The summed E-state index contributed by atoms with van der Waals surface area (Å²) in [4.78, 5) is 7.07. The predicted octanol–water partition coefficient (Wildman–Crippen LogP) is 1.62. The van der Waals surface area contributed by atoms with E-state index in [0.29, 0.717) is 6.04 Å². The summed E-state index contributed by atoms with van der Waals surface area (Å²) in [7, 11) is 0. The van der Waals surface area contributed by atoms with Crippen molar-refractivity contribution in [2.45, 2.75) is 38.3 Å². The van der Waals surface area contributed by atoms with Gasteiger partial charge in [0.25, 0.3) is 0 Å². The van der Waals surface area contributed by atoms with Crippen molar-refractivity contribution in [1.29, 1.82) is 0 Å². The molecule has 0 aromatic carbocycles. The molecule has 3 rings (SSSR count). The van der Waals surface area contributed by atoms with Crippen molar-refractivity contribution in [2.75, 3.05) is 24.1 Å². The van der Waals surface area contributed by atoms with E-state index in [2.05, 4.69) is 15.2 Å². The van der Waals surface area contributed by atoms with Gasteiger partial charge in [-0.3, -0.25) is 4.90 Å². The Hall–Kier alpha value is -1.29. The van der Waals surface area contributed by atoms with E-state index >= 15 is 0 Å². The molecule has 1 saturated heterocycles. The molecule has 1 aliphatic carbocycles. The molecule has 17 heavy (non-hydrogen) atoms. The molecule has 1 atom stereocenters. The molecule has 1 aliphatic heterocycles. The minimum absolute atomic E-state index is 0.547. The molecule has 3 N–H and O–H groups in total. The van der Waals surface area contributed by atoms with Crippen molar-refractivity contribution >= 4 is 11.5 Å². The summed E-state index contributed by atoms with van der Waals surface area (Å²) in [6.45, 7) is 4.34. The number of rotatable bonds is 3. The molecule has 2 fully saturated rings. The van der Waals surface area contributed by atoms with Crippen LogP contribution in [0, 0.1) is 6.92 Å². The average Bonchev–Trinajstić information content (AvgIpc) is 3.06. The second-order valence-corrected chi connectivity index (χ2v) is 5.23. The molecule has 0 bridgehead atoms. The first-order chi connectivity index (χ1) is 8.22. The fraction of sp³-hybridized carbons (Fsp3) is 0.615. The zero-order valence-electron chi connectivity index (χ0n) is 10.3. The van der Waals surface area contributed by atoms with E-state index in [1.165, 1.54) is 25.8 Å². The summed E-state index contributed by atoms with van der Waals surface area (Å²) in [5, 5.41) is 3.51. The first-order valence-corrected chi connectivity index (χ1v) is 6.46. The number of hydrogen-bond donors (Lipinski definition) is 2. The van der Waals surface area contributed by atoms with Gasteiger partial charge in [-0.1, -0.05) is 0 Å².